The predicted molar refractivity (Wildman–Crippen MR) is 44.5 cm³/mol. The molecule has 0 saturated heterocycles. The van der Waals surface area contributed by atoms with Gasteiger partial charge in [0.05, 0.1) is 13.0 Å². The second kappa shape index (κ2) is 7.27. The Hall–Kier alpha value is -1.39. The Morgan fingerprint density at radius 1 is 1.62 bits per heavy atom. The van der Waals surface area contributed by atoms with Gasteiger partial charge in [0.1, 0.15) is 0 Å². The van der Waals surface area contributed by atoms with Gasteiger partial charge in [0.2, 0.25) is 0 Å². The summed E-state index contributed by atoms with van der Waals surface area (Å²) in [5.41, 5.74) is 0. The zero-order valence-electron chi connectivity index (χ0n) is 7.38. The zero-order chi connectivity index (χ0) is 10.1. The fourth-order valence-electron chi connectivity index (χ4n) is 0.611. The number of halogens is 1. The first-order valence-electron chi connectivity index (χ1n) is 3.90. The minimum atomic E-state index is -0.899. The summed E-state index contributed by atoms with van der Waals surface area (Å²) in [6.07, 6.45) is 1.14. The van der Waals surface area contributed by atoms with Crippen molar-refractivity contribution in [2.75, 3.05) is 13.2 Å². The van der Waals surface area contributed by atoms with Crippen molar-refractivity contribution in [1.82, 2.24) is 5.32 Å². The first-order valence-corrected chi connectivity index (χ1v) is 3.90. The number of esters is 1. The molecule has 0 aliphatic carbocycles. The molecule has 0 heterocycles. The van der Waals surface area contributed by atoms with Crippen LogP contribution in [-0.4, -0.2) is 25.4 Å². The summed E-state index contributed by atoms with van der Waals surface area (Å²) in [5, 5.41) is 2.46. The number of ether oxygens (including phenoxy) is 1. The van der Waals surface area contributed by atoms with Crippen LogP contribution in [0.2, 0.25) is 0 Å². The lowest BCUT2D eigenvalue weighted by Gasteiger charge is -2.00. The van der Waals surface area contributed by atoms with Crippen LogP contribution in [0.1, 0.15) is 13.3 Å². The van der Waals surface area contributed by atoms with Crippen LogP contribution in [0.3, 0.4) is 0 Å². The van der Waals surface area contributed by atoms with E-state index in [1.54, 1.807) is 6.92 Å². The topological polar surface area (TPSA) is 55.4 Å². The van der Waals surface area contributed by atoms with Crippen molar-refractivity contribution in [2.45, 2.75) is 13.3 Å². The molecule has 4 nitrogen and oxygen atoms in total. The van der Waals surface area contributed by atoms with Gasteiger partial charge in [-0.25, -0.2) is 4.39 Å². The Balaban J connectivity index is 3.45. The monoisotopic (exact) mass is 189 g/mol. The van der Waals surface area contributed by atoms with Gasteiger partial charge in [0.25, 0.3) is 0 Å². The number of hydrogen-bond acceptors (Lipinski definition) is 4. The summed E-state index contributed by atoms with van der Waals surface area (Å²) in [6, 6.07) is 0. The number of nitrogens with one attached hydrogen (secondary N) is 1. The second-order valence-corrected chi connectivity index (χ2v) is 2.16. The third kappa shape index (κ3) is 6.99. The molecule has 13 heavy (non-hydrogen) atoms. The van der Waals surface area contributed by atoms with Gasteiger partial charge in [-0.15, -0.1) is 0 Å². The highest BCUT2D eigenvalue weighted by Gasteiger charge is 1.98. The van der Waals surface area contributed by atoms with Crippen molar-refractivity contribution in [3.05, 3.63) is 12.0 Å². The van der Waals surface area contributed by atoms with E-state index in [0.717, 1.165) is 6.20 Å². The van der Waals surface area contributed by atoms with Crippen LogP contribution in [0, 0.1) is 0 Å². The molecule has 0 amide bonds. The Kier molecular flexibility index (Phi) is 6.49. The van der Waals surface area contributed by atoms with Crippen molar-refractivity contribution in [3.8, 4) is 0 Å². The van der Waals surface area contributed by atoms with E-state index >= 15 is 0 Å². The van der Waals surface area contributed by atoms with E-state index in [4.69, 9.17) is 0 Å². The molecule has 0 unspecified atom stereocenters. The van der Waals surface area contributed by atoms with Gasteiger partial charge in [-0.2, -0.15) is 0 Å². The van der Waals surface area contributed by atoms with E-state index in [1.165, 1.54) is 0 Å². The maximum Gasteiger partial charge on any atom is 0.307 e. The smallest absolute Gasteiger partial charge is 0.307 e. The van der Waals surface area contributed by atoms with Crippen molar-refractivity contribution in [3.63, 3.8) is 0 Å². The second-order valence-electron chi connectivity index (χ2n) is 2.16. The summed E-state index contributed by atoms with van der Waals surface area (Å²) >= 11 is 0. The molecule has 0 fully saturated rings. The SMILES string of the molecule is CCOC(=O)CCN/C=C(/F)C=O. The number of carbonyl (C=O) groups excluding carboxylic acids is 2. The molecule has 0 spiro atoms. The molecule has 74 valence electrons. The van der Waals surface area contributed by atoms with Gasteiger partial charge < -0.3 is 10.1 Å². The Morgan fingerprint density at radius 3 is 2.85 bits per heavy atom. The van der Waals surface area contributed by atoms with E-state index in [2.05, 4.69) is 10.1 Å². The molecule has 0 saturated carbocycles. The third-order valence-electron chi connectivity index (χ3n) is 1.13. The summed E-state index contributed by atoms with van der Waals surface area (Å²) in [7, 11) is 0. The lowest BCUT2D eigenvalue weighted by atomic mass is 10.4. The molecule has 1 N–H and O–H groups in total. The Bertz CT molecular complexity index is 204. The number of hydrogen-bond donors (Lipinski definition) is 1. The van der Waals surface area contributed by atoms with Gasteiger partial charge in [0.15, 0.2) is 12.1 Å². The van der Waals surface area contributed by atoms with Gasteiger partial charge in [-0.05, 0) is 6.92 Å². The van der Waals surface area contributed by atoms with Gasteiger partial charge in [0, 0.05) is 12.7 Å². The Morgan fingerprint density at radius 2 is 2.31 bits per heavy atom. The van der Waals surface area contributed by atoms with Gasteiger partial charge >= 0.3 is 5.97 Å². The lowest BCUT2D eigenvalue weighted by molar-refractivity contribution is -0.142. The van der Waals surface area contributed by atoms with Crippen LogP contribution in [-0.2, 0) is 14.3 Å². The van der Waals surface area contributed by atoms with E-state index in [1.807, 2.05) is 0 Å². The first-order chi connectivity index (χ1) is 6.20. The van der Waals surface area contributed by atoms with Crippen molar-refractivity contribution >= 4 is 12.3 Å². The Labute approximate surface area is 75.8 Å². The van der Waals surface area contributed by atoms with E-state index in [-0.39, 0.29) is 25.2 Å². The highest BCUT2D eigenvalue weighted by atomic mass is 19.1. The van der Waals surface area contributed by atoms with Crippen LogP contribution in [0.15, 0.2) is 12.0 Å². The van der Waals surface area contributed by atoms with Crippen molar-refractivity contribution in [1.29, 1.82) is 0 Å². The molecule has 0 aromatic heterocycles. The average molecular weight is 189 g/mol. The molecule has 5 heteroatoms. The largest absolute Gasteiger partial charge is 0.466 e. The standard InChI is InChI=1S/C8H12FNO3/c1-2-13-8(12)3-4-10-5-7(9)6-11/h5-6,10H,2-4H2,1H3/b7-5+. The van der Waals surface area contributed by atoms with Crippen LogP contribution in [0.4, 0.5) is 4.39 Å². The maximum atomic E-state index is 12.1. The summed E-state index contributed by atoms with van der Waals surface area (Å²) in [4.78, 5) is 20.5. The summed E-state index contributed by atoms with van der Waals surface area (Å²) in [5.74, 6) is -1.25. The molecule has 0 rings (SSSR count). The highest BCUT2D eigenvalue weighted by molar-refractivity contribution is 5.70. The number of rotatable bonds is 6. The highest BCUT2D eigenvalue weighted by Crippen LogP contribution is 1.88. The van der Waals surface area contributed by atoms with Crippen LogP contribution >= 0.6 is 0 Å². The number of aldehydes is 1. The predicted octanol–water partition coefficient (Wildman–Crippen LogP) is 0.539. The van der Waals surface area contributed by atoms with E-state index < -0.39 is 5.83 Å². The lowest BCUT2D eigenvalue weighted by Crippen LogP contribution is -2.14. The van der Waals surface area contributed by atoms with Crippen molar-refractivity contribution < 1.29 is 18.7 Å². The maximum absolute atomic E-state index is 12.1. The minimum absolute atomic E-state index is 0.0807. The summed E-state index contributed by atoms with van der Waals surface area (Å²) < 4.78 is 16.7. The average Bonchev–Trinajstić information content (AvgIpc) is 2.12. The van der Waals surface area contributed by atoms with Crippen molar-refractivity contribution in [2.24, 2.45) is 0 Å². The fraction of sp³-hybridized carbons (Fsp3) is 0.500. The summed E-state index contributed by atoms with van der Waals surface area (Å²) in [6.45, 7) is 2.29. The molecule has 0 aliphatic rings. The van der Waals surface area contributed by atoms with Crippen LogP contribution < -0.4 is 5.32 Å². The van der Waals surface area contributed by atoms with E-state index in [0.29, 0.717) is 6.61 Å². The molecular formula is C8H12FNO3. The van der Waals surface area contributed by atoms with Gasteiger partial charge in [-0.3, -0.25) is 9.59 Å². The molecule has 0 bridgehead atoms. The molecular weight excluding hydrogens is 177 g/mol. The normalized spacial score (nSPS) is 10.8. The molecule has 0 aromatic rings. The van der Waals surface area contributed by atoms with Gasteiger partial charge in [-0.1, -0.05) is 0 Å². The first kappa shape index (κ1) is 11.6. The third-order valence-corrected chi connectivity index (χ3v) is 1.13. The molecule has 0 atom stereocenters. The zero-order valence-corrected chi connectivity index (χ0v) is 7.38. The number of carbonyl (C=O) groups is 2. The minimum Gasteiger partial charge on any atom is -0.466 e. The molecule has 0 radical (unpaired) electrons. The van der Waals surface area contributed by atoms with Crippen LogP contribution in [0.25, 0.3) is 0 Å². The van der Waals surface area contributed by atoms with E-state index in [9.17, 15) is 14.0 Å². The molecule has 0 aliphatic heterocycles. The quantitative estimate of drug-likeness (QED) is 0.287. The molecule has 0 aromatic carbocycles. The van der Waals surface area contributed by atoms with Crippen LogP contribution in [0.5, 0.6) is 0 Å². The fourth-order valence-corrected chi connectivity index (χ4v) is 0.611. The number of allylic oxidation sites excluding steroid dienone is 1.